The minimum atomic E-state index is -1.79. The molecule has 0 bridgehead atoms. The Morgan fingerprint density at radius 2 is 1.71 bits per heavy atom. The fraction of sp³-hybridized carbons (Fsp3) is 0. The molecule has 110 valence electrons. The Balaban J connectivity index is 2.35. The summed E-state index contributed by atoms with van der Waals surface area (Å²) in [5.41, 5.74) is -0.931. The number of halogens is 5. The van der Waals surface area contributed by atoms with Gasteiger partial charge in [-0.05, 0) is 40.2 Å². The van der Waals surface area contributed by atoms with Gasteiger partial charge in [-0.1, -0.05) is 0 Å². The van der Waals surface area contributed by atoms with Gasteiger partial charge in [0.2, 0.25) is 5.82 Å². The molecule has 0 aliphatic rings. The predicted molar refractivity (Wildman–Crippen MR) is 70.0 cm³/mol. The summed E-state index contributed by atoms with van der Waals surface area (Å²) in [5, 5.41) is 11.1. The van der Waals surface area contributed by atoms with E-state index in [9.17, 15) is 22.4 Å². The van der Waals surface area contributed by atoms with E-state index in [-0.39, 0.29) is 10.2 Å². The van der Waals surface area contributed by atoms with Gasteiger partial charge in [0, 0.05) is 5.69 Å². The molecule has 2 rings (SSSR count). The Morgan fingerprint density at radius 3 is 2.33 bits per heavy atom. The maximum atomic E-state index is 13.5. The largest absolute Gasteiger partial charge is 0.503 e. The van der Waals surface area contributed by atoms with Crippen LogP contribution in [0.1, 0.15) is 10.4 Å². The first-order valence-electron chi connectivity index (χ1n) is 5.44. The number of carbonyl (C=O) groups excluding carboxylic acids is 1. The van der Waals surface area contributed by atoms with Crippen molar-refractivity contribution >= 4 is 27.5 Å². The van der Waals surface area contributed by atoms with Crippen molar-refractivity contribution in [2.75, 3.05) is 5.32 Å². The lowest BCUT2D eigenvalue weighted by atomic mass is 10.1. The maximum Gasteiger partial charge on any atom is 0.258 e. The van der Waals surface area contributed by atoms with E-state index in [1.807, 2.05) is 0 Å². The molecule has 2 aromatic carbocycles. The lowest BCUT2D eigenvalue weighted by Crippen LogP contribution is -2.15. The number of phenolic OH excluding ortho intramolecular Hbond substituents is 1. The lowest BCUT2D eigenvalue weighted by Gasteiger charge is -2.08. The third-order valence-electron chi connectivity index (χ3n) is 2.56. The van der Waals surface area contributed by atoms with Gasteiger partial charge in [-0.3, -0.25) is 4.79 Å². The number of hydrogen-bond acceptors (Lipinski definition) is 2. The molecule has 0 aliphatic heterocycles. The SMILES string of the molecule is O=C(Nc1ccc(Br)c(F)c1)c1cc(F)c(F)c(O)c1F. The molecule has 0 aromatic heterocycles. The first-order valence-corrected chi connectivity index (χ1v) is 6.23. The molecule has 0 atom stereocenters. The molecule has 2 N–H and O–H groups in total. The number of benzene rings is 2. The van der Waals surface area contributed by atoms with Crippen molar-refractivity contribution in [1.29, 1.82) is 0 Å². The Kier molecular flexibility index (Phi) is 4.17. The van der Waals surface area contributed by atoms with E-state index in [1.54, 1.807) is 0 Å². The van der Waals surface area contributed by atoms with E-state index in [0.29, 0.717) is 6.07 Å². The van der Waals surface area contributed by atoms with Gasteiger partial charge in [-0.25, -0.2) is 13.2 Å². The summed E-state index contributed by atoms with van der Waals surface area (Å²) in [6, 6.07) is 3.85. The molecular formula is C13H6BrF4NO2. The Labute approximate surface area is 124 Å². The van der Waals surface area contributed by atoms with Crippen LogP contribution in [-0.4, -0.2) is 11.0 Å². The van der Waals surface area contributed by atoms with Crippen LogP contribution >= 0.6 is 15.9 Å². The van der Waals surface area contributed by atoms with Gasteiger partial charge in [0.25, 0.3) is 5.91 Å². The lowest BCUT2D eigenvalue weighted by molar-refractivity contribution is 0.102. The van der Waals surface area contributed by atoms with Crippen molar-refractivity contribution in [1.82, 2.24) is 0 Å². The summed E-state index contributed by atoms with van der Waals surface area (Å²) < 4.78 is 53.0. The smallest absolute Gasteiger partial charge is 0.258 e. The first kappa shape index (κ1) is 15.3. The van der Waals surface area contributed by atoms with Crippen LogP contribution < -0.4 is 5.32 Å². The molecule has 0 heterocycles. The second-order valence-electron chi connectivity index (χ2n) is 3.97. The zero-order chi connectivity index (χ0) is 15.7. The normalized spacial score (nSPS) is 10.5. The number of aromatic hydroxyl groups is 1. The van der Waals surface area contributed by atoms with E-state index in [1.165, 1.54) is 12.1 Å². The third kappa shape index (κ3) is 2.99. The molecule has 3 nitrogen and oxygen atoms in total. The summed E-state index contributed by atoms with van der Waals surface area (Å²) in [6.45, 7) is 0. The highest BCUT2D eigenvalue weighted by Crippen LogP contribution is 2.27. The second kappa shape index (κ2) is 5.72. The quantitative estimate of drug-likeness (QED) is 0.626. The number of carbonyl (C=O) groups is 1. The standard InChI is InChI=1S/C13H6BrF4NO2/c14-7-2-1-5(3-8(7)15)19-13(21)6-4-9(16)11(18)12(20)10(6)17/h1-4,20H,(H,19,21). The average Bonchev–Trinajstić information content (AvgIpc) is 2.44. The molecular weight excluding hydrogens is 358 g/mol. The van der Waals surface area contributed by atoms with Gasteiger partial charge in [0.15, 0.2) is 17.4 Å². The summed E-state index contributed by atoms with van der Waals surface area (Å²) >= 11 is 2.91. The summed E-state index contributed by atoms with van der Waals surface area (Å²) in [4.78, 5) is 11.8. The van der Waals surface area contributed by atoms with Crippen LogP contribution in [-0.2, 0) is 0 Å². The Morgan fingerprint density at radius 1 is 1.05 bits per heavy atom. The zero-order valence-electron chi connectivity index (χ0n) is 10.1. The maximum absolute atomic E-state index is 13.5. The minimum absolute atomic E-state index is 0.0238. The highest BCUT2D eigenvalue weighted by molar-refractivity contribution is 9.10. The van der Waals surface area contributed by atoms with E-state index in [0.717, 1.165) is 6.07 Å². The van der Waals surface area contributed by atoms with Gasteiger partial charge in [0.1, 0.15) is 5.82 Å². The van der Waals surface area contributed by atoms with E-state index in [4.69, 9.17) is 5.11 Å². The van der Waals surface area contributed by atoms with Crippen LogP contribution in [0.25, 0.3) is 0 Å². The van der Waals surface area contributed by atoms with Crippen molar-refractivity contribution in [2.24, 2.45) is 0 Å². The number of rotatable bonds is 2. The minimum Gasteiger partial charge on any atom is -0.503 e. The van der Waals surface area contributed by atoms with Gasteiger partial charge < -0.3 is 10.4 Å². The molecule has 1 amide bonds. The Bertz CT molecular complexity index is 737. The van der Waals surface area contributed by atoms with Crippen molar-refractivity contribution < 1.29 is 27.5 Å². The van der Waals surface area contributed by atoms with Crippen LogP contribution in [0.15, 0.2) is 28.7 Å². The number of phenols is 1. The van der Waals surface area contributed by atoms with Crippen molar-refractivity contribution in [3.63, 3.8) is 0 Å². The van der Waals surface area contributed by atoms with E-state index in [2.05, 4.69) is 21.2 Å². The van der Waals surface area contributed by atoms with Gasteiger partial charge in [0.05, 0.1) is 10.0 Å². The molecule has 0 unspecified atom stereocenters. The molecule has 0 aliphatic carbocycles. The van der Waals surface area contributed by atoms with Gasteiger partial charge in [-0.15, -0.1) is 0 Å². The highest BCUT2D eigenvalue weighted by Gasteiger charge is 2.22. The van der Waals surface area contributed by atoms with Crippen LogP contribution in [0.2, 0.25) is 0 Å². The molecule has 2 aromatic rings. The molecule has 0 radical (unpaired) electrons. The van der Waals surface area contributed by atoms with Crippen LogP contribution in [0, 0.1) is 23.3 Å². The average molecular weight is 364 g/mol. The van der Waals surface area contributed by atoms with Gasteiger partial charge >= 0.3 is 0 Å². The zero-order valence-corrected chi connectivity index (χ0v) is 11.6. The monoisotopic (exact) mass is 363 g/mol. The topological polar surface area (TPSA) is 49.3 Å². The number of anilines is 1. The molecule has 0 saturated heterocycles. The van der Waals surface area contributed by atoms with E-state index < -0.39 is 40.5 Å². The van der Waals surface area contributed by atoms with E-state index >= 15 is 0 Å². The molecule has 21 heavy (non-hydrogen) atoms. The molecule has 8 heteroatoms. The third-order valence-corrected chi connectivity index (χ3v) is 3.20. The molecule has 0 spiro atoms. The van der Waals surface area contributed by atoms with Crippen molar-refractivity contribution in [2.45, 2.75) is 0 Å². The fourth-order valence-electron chi connectivity index (χ4n) is 1.53. The van der Waals surface area contributed by atoms with Crippen molar-refractivity contribution in [3.05, 3.63) is 57.6 Å². The highest BCUT2D eigenvalue weighted by atomic mass is 79.9. The molecule has 0 fully saturated rings. The summed E-state index contributed by atoms with van der Waals surface area (Å²) in [5.74, 6) is -8.42. The predicted octanol–water partition coefficient (Wildman–Crippen LogP) is 3.96. The first-order chi connectivity index (χ1) is 9.81. The number of hydrogen-bond donors (Lipinski definition) is 2. The number of amides is 1. The summed E-state index contributed by atoms with van der Waals surface area (Å²) in [7, 11) is 0. The van der Waals surface area contributed by atoms with Gasteiger partial charge in [-0.2, -0.15) is 4.39 Å². The molecule has 0 saturated carbocycles. The fourth-order valence-corrected chi connectivity index (χ4v) is 1.77. The second-order valence-corrected chi connectivity index (χ2v) is 4.82. The van der Waals surface area contributed by atoms with Crippen LogP contribution in [0.4, 0.5) is 23.2 Å². The summed E-state index contributed by atoms with van der Waals surface area (Å²) in [6.07, 6.45) is 0. The number of nitrogens with one attached hydrogen (secondary N) is 1. The van der Waals surface area contributed by atoms with Crippen LogP contribution in [0.3, 0.4) is 0 Å². The Hall–Kier alpha value is -2.09. The van der Waals surface area contributed by atoms with Crippen LogP contribution in [0.5, 0.6) is 5.75 Å². The van der Waals surface area contributed by atoms with Crippen molar-refractivity contribution in [3.8, 4) is 5.75 Å².